The minimum absolute atomic E-state index is 0.122. The van der Waals surface area contributed by atoms with Crippen molar-refractivity contribution >= 4 is 11.8 Å². The summed E-state index contributed by atoms with van der Waals surface area (Å²) in [7, 11) is 0. The van der Waals surface area contributed by atoms with Crippen molar-refractivity contribution in [2.45, 2.75) is 30.3 Å². The Hall–Kier alpha value is -1.30. The van der Waals surface area contributed by atoms with Crippen molar-refractivity contribution in [3.05, 3.63) is 47.8 Å². The van der Waals surface area contributed by atoms with E-state index in [0.29, 0.717) is 5.92 Å². The fourth-order valence-corrected chi connectivity index (χ4v) is 3.91. The molecule has 100 valence electrons. The number of fused-ring (bicyclic) bond motifs is 1. The monoisotopic (exact) mass is 274 g/mol. The van der Waals surface area contributed by atoms with Crippen LogP contribution in [0.1, 0.15) is 30.0 Å². The van der Waals surface area contributed by atoms with Crippen LogP contribution in [-0.4, -0.2) is 15.5 Å². The van der Waals surface area contributed by atoms with Crippen molar-refractivity contribution in [2.75, 3.05) is 5.75 Å². The Labute approximate surface area is 117 Å². The Morgan fingerprint density at radius 3 is 3.11 bits per heavy atom. The zero-order valence-electron chi connectivity index (χ0n) is 10.9. The molecule has 3 N–H and O–H groups in total. The summed E-state index contributed by atoms with van der Waals surface area (Å²) in [6.07, 6.45) is 4.00. The number of thioether (sulfide) groups is 1. The van der Waals surface area contributed by atoms with Gasteiger partial charge in [0.15, 0.2) is 0 Å². The molecule has 1 aliphatic heterocycles. The van der Waals surface area contributed by atoms with Crippen LogP contribution in [0.3, 0.4) is 0 Å². The standard InChI is InChI=1S/C14H18N4S/c1-2-18-8-10(7-16-18)14(17-15)12-9-19-13-6-4-3-5-11(12)13/h3-8,12,14,17H,2,9,15H2,1H3. The minimum atomic E-state index is 0.122. The number of aromatic nitrogens is 2. The zero-order chi connectivity index (χ0) is 13.2. The molecule has 19 heavy (non-hydrogen) atoms. The van der Waals surface area contributed by atoms with Gasteiger partial charge in [-0.3, -0.25) is 16.0 Å². The first-order valence-electron chi connectivity index (χ1n) is 6.53. The van der Waals surface area contributed by atoms with Gasteiger partial charge in [0.25, 0.3) is 0 Å². The third kappa shape index (κ3) is 2.29. The van der Waals surface area contributed by atoms with E-state index in [9.17, 15) is 0 Å². The Morgan fingerprint density at radius 2 is 2.37 bits per heavy atom. The Kier molecular flexibility index (Phi) is 3.59. The smallest absolute Gasteiger partial charge is 0.0567 e. The van der Waals surface area contributed by atoms with Gasteiger partial charge >= 0.3 is 0 Å². The molecule has 1 aromatic carbocycles. The second-order valence-corrected chi connectivity index (χ2v) is 5.79. The number of nitrogens with one attached hydrogen (secondary N) is 1. The van der Waals surface area contributed by atoms with Crippen LogP contribution < -0.4 is 11.3 Å². The molecule has 2 heterocycles. The van der Waals surface area contributed by atoms with E-state index in [0.717, 1.165) is 17.9 Å². The lowest BCUT2D eigenvalue weighted by molar-refractivity contribution is 0.484. The summed E-state index contributed by atoms with van der Waals surface area (Å²) in [6, 6.07) is 8.70. The molecule has 0 fully saturated rings. The Balaban J connectivity index is 1.91. The highest BCUT2D eigenvalue weighted by atomic mass is 32.2. The molecule has 0 saturated heterocycles. The summed E-state index contributed by atoms with van der Waals surface area (Å²) in [5.74, 6) is 7.26. The number of rotatable bonds is 4. The van der Waals surface area contributed by atoms with Crippen molar-refractivity contribution in [3.8, 4) is 0 Å². The molecule has 0 saturated carbocycles. The van der Waals surface area contributed by atoms with Crippen molar-refractivity contribution in [2.24, 2.45) is 5.84 Å². The summed E-state index contributed by atoms with van der Waals surface area (Å²) >= 11 is 1.90. The number of nitrogens with zero attached hydrogens (tertiary/aromatic N) is 2. The predicted molar refractivity (Wildman–Crippen MR) is 77.9 cm³/mol. The van der Waals surface area contributed by atoms with Gasteiger partial charge in [0.05, 0.1) is 12.2 Å². The Bertz CT molecular complexity index is 566. The molecule has 0 radical (unpaired) electrons. The first kappa shape index (κ1) is 12.7. The van der Waals surface area contributed by atoms with Gasteiger partial charge in [-0.05, 0) is 18.6 Å². The van der Waals surface area contributed by atoms with Gasteiger partial charge in [0.1, 0.15) is 0 Å². The van der Waals surface area contributed by atoms with Crippen LogP contribution in [0.4, 0.5) is 0 Å². The quantitative estimate of drug-likeness (QED) is 0.663. The number of hydrogen-bond acceptors (Lipinski definition) is 4. The first-order chi connectivity index (χ1) is 9.33. The van der Waals surface area contributed by atoms with E-state index in [2.05, 4.69) is 47.9 Å². The topological polar surface area (TPSA) is 55.9 Å². The first-order valence-corrected chi connectivity index (χ1v) is 7.52. The maximum Gasteiger partial charge on any atom is 0.0567 e. The molecule has 0 spiro atoms. The normalized spacial score (nSPS) is 19.4. The second-order valence-electron chi connectivity index (χ2n) is 4.73. The molecule has 0 bridgehead atoms. The fraction of sp³-hybridized carbons (Fsp3) is 0.357. The van der Waals surface area contributed by atoms with E-state index in [1.807, 2.05) is 22.6 Å². The third-order valence-corrected chi connectivity index (χ3v) is 4.86. The van der Waals surface area contributed by atoms with Gasteiger partial charge in [-0.2, -0.15) is 5.10 Å². The third-order valence-electron chi connectivity index (χ3n) is 3.66. The van der Waals surface area contributed by atoms with E-state index in [4.69, 9.17) is 5.84 Å². The minimum Gasteiger partial charge on any atom is -0.273 e. The van der Waals surface area contributed by atoms with Crippen LogP contribution >= 0.6 is 11.8 Å². The molecule has 0 amide bonds. The van der Waals surface area contributed by atoms with Gasteiger partial charge < -0.3 is 0 Å². The Morgan fingerprint density at radius 1 is 1.53 bits per heavy atom. The lowest BCUT2D eigenvalue weighted by atomic mass is 9.90. The van der Waals surface area contributed by atoms with Crippen LogP contribution in [-0.2, 0) is 6.54 Å². The molecule has 4 nitrogen and oxygen atoms in total. The van der Waals surface area contributed by atoms with E-state index in [1.165, 1.54) is 10.5 Å². The molecule has 3 rings (SSSR count). The average Bonchev–Trinajstić information content (AvgIpc) is 3.07. The SMILES string of the molecule is CCn1cc(C(NN)C2CSc3ccccc32)cn1. The molecule has 2 atom stereocenters. The molecule has 2 unspecified atom stereocenters. The zero-order valence-corrected chi connectivity index (χ0v) is 11.7. The van der Waals surface area contributed by atoms with Crippen LogP contribution in [0.25, 0.3) is 0 Å². The molecular weight excluding hydrogens is 256 g/mol. The maximum absolute atomic E-state index is 5.80. The van der Waals surface area contributed by atoms with E-state index < -0.39 is 0 Å². The lowest BCUT2D eigenvalue weighted by Gasteiger charge is -2.22. The fourth-order valence-electron chi connectivity index (χ4n) is 2.62. The van der Waals surface area contributed by atoms with Crippen molar-refractivity contribution < 1.29 is 0 Å². The highest BCUT2D eigenvalue weighted by molar-refractivity contribution is 7.99. The second kappa shape index (κ2) is 5.36. The highest BCUT2D eigenvalue weighted by Crippen LogP contribution is 2.45. The molecule has 1 aliphatic rings. The van der Waals surface area contributed by atoms with Gasteiger partial charge in [-0.1, -0.05) is 18.2 Å². The van der Waals surface area contributed by atoms with Gasteiger partial charge in [-0.15, -0.1) is 11.8 Å². The van der Waals surface area contributed by atoms with Crippen molar-refractivity contribution in [3.63, 3.8) is 0 Å². The summed E-state index contributed by atoms with van der Waals surface area (Å²) in [5, 5.41) is 4.35. The van der Waals surface area contributed by atoms with Crippen LogP contribution in [0.2, 0.25) is 0 Å². The largest absolute Gasteiger partial charge is 0.273 e. The molecular formula is C14H18N4S. The number of nitrogens with two attached hydrogens (primary N) is 1. The number of hydrazine groups is 1. The molecule has 5 heteroatoms. The van der Waals surface area contributed by atoms with E-state index >= 15 is 0 Å². The van der Waals surface area contributed by atoms with Gasteiger partial charge in [-0.25, -0.2) is 0 Å². The molecule has 0 aliphatic carbocycles. The highest BCUT2D eigenvalue weighted by Gasteiger charge is 2.31. The number of hydrogen-bond donors (Lipinski definition) is 2. The van der Waals surface area contributed by atoms with Crippen molar-refractivity contribution in [1.82, 2.24) is 15.2 Å². The summed E-state index contributed by atoms with van der Waals surface area (Å²) in [6.45, 7) is 2.97. The van der Waals surface area contributed by atoms with Crippen LogP contribution in [0.15, 0.2) is 41.6 Å². The van der Waals surface area contributed by atoms with E-state index in [-0.39, 0.29) is 6.04 Å². The van der Waals surface area contributed by atoms with Crippen LogP contribution in [0.5, 0.6) is 0 Å². The summed E-state index contributed by atoms with van der Waals surface area (Å²) in [5.41, 5.74) is 5.52. The lowest BCUT2D eigenvalue weighted by Crippen LogP contribution is -2.32. The number of aryl methyl sites for hydroxylation is 1. The predicted octanol–water partition coefficient (Wildman–Crippen LogP) is 2.30. The van der Waals surface area contributed by atoms with Crippen LogP contribution in [0, 0.1) is 0 Å². The van der Waals surface area contributed by atoms with Crippen molar-refractivity contribution in [1.29, 1.82) is 0 Å². The average molecular weight is 274 g/mol. The molecule has 1 aromatic heterocycles. The van der Waals surface area contributed by atoms with Gasteiger partial charge in [0.2, 0.25) is 0 Å². The maximum atomic E-state index is 5.80. The summed E-state index contributed by atoms with van der Waals surface area (Å²) < 4.78 is 1.94. The van der Waals surface area contributed by atoms with Gasteiger partial charge in [0, 0.05) is 34.9 Å². The number of benzene rings is 1. The molecule has 2 aromatic rings. The van der Waals surface area contributed by atoms with E-state index in [1.54, 1.807) is 0 Å². The summed E-state index contributed by atoms with van der Waals surface area (Å²) in [4.78, 5) is 1.37.